The minimum absolute atomic E-state index is 0.119. The highest BCUT2D eigenvalue weighted by molar-refractivity contribution is 6.08. The van der Waals surface area contributed by atoms with Gasteiger partial charge in [-0.25, -0.2) is 4.98 Å². The number of aromatic nitrogens is 5. The molecule has 6 nitrogen and oxygen atoms in total. The van der Waals surface area contributed by atoms with Crippen LogP contribution in [-0.4, -0.2) is 23.9 Å². The molecule has 28 heavy (non-hydrogen) atoms. The Morgan fingerprint density at radius 2 is 1.82 bits per heavy atom. The second kappa shape index (κ2) is 6.20. The van der Waals surface area contributed by atoms with E-state index in [1.54, 1.807) is 12.5 Å². The standard InChI is InChI=1S/C22H19N5O/c1-15-7-9-16(10-8-15)27-22(28)21-20(17-5-3-4-6-19(17)25(21)2)18(24-27)13-26-12-11-23-14-26/h3-12,14H,13H2,1-2H3. The molecule has 2 aromatic carbocycles. The molecule has 5 rings (SSSR count). The first-order valence-electron chi connectivity index (χ1n) is 9.15. The van der Waals surface area contributed by atoms with E-state index in [2.05, 4.69) is 4.98 Å². The van der Waals surface area contributed by atoms with Crippen molar-refractivity contribution in [2.24, 2.45) is 7.05 Å². The van der Waals surface area contributed by atoms with E-state index in [1.165, 1.54) is 4.68 Å². The van der Waals surface area contributed by atoms with Crippen LogP contribution in [0.5, 0.6) is 0 Å². The number of hydrogen-bond donors (Lipinski definition) is 0. The predicted molar refractivity (Wildman–Crippen MR) is 110 cm³/mol. The Morgan fingerprint density at radius 1 is 1.04 bits per heavy atom. The summed E-state index contributed by atoms with van der Waals surface area (Å²) in [5.74, 6) is 0. The maximum atomic E-state index is 13.4. The first-order valence-corrected chi connectivity index (χ1v) is 9.15. The van der Waals surface area contributed by atoms with Crippen molar-refractivity contribution < 1.29 is 0 Å². The maximum absolute atomic E-state index is 13.4. The van der Waals surface area contributed by atoms with Gasteiger partial charge in [-0.2, -0.15) is 9.78 Å². The van der Waals surface area contributed by atoms with E-state index in [-0.39, 0.29) is 5.56 Å². The lowest BCUT2D eigenvalue weighted by molar-refractivity contribution is 0.714. The van der Waals surface area contributed by atoms with Crippen molar-refractivity contribution in [3.8, 4) is 5.69 Å². The minimum atomic E-state index is -0.119. The highest BCUT2D eigenvalue weighted by Gasteiger charge is 2.19. The summed E-state index contributed by atoms with van der Waals surface area (Å²) in [4.78, 5) is 17.6. The van der Waals surface area contributed by atoms with Gasteiger partial charge in [0.05, 0.1) is 24.3 Å². The summed E-state index contributed by atoms with van der Waals surface area (Å²) in [6.07, 6.45) is 5.41. The summed E-state index contributed by atoms with van der Waals surface area (Å²) in [6.45, 7) is 2.56. The van der Waals surface area contributed by atoms with Crippen LogP contribution in [-0.2, 0) is 13.6 Å². The molecule has 0 fully saturated rings. The molecule has 0 spiro atoms. The van der Waals surface area contributed by atoms with E-state index >= 15 is 0 Å². The topological polar surface area (TPSA) is 57.6 Å². The Labute approximate surface area is 161 Å². The van der Waals surface area contributed by atoms with Crippen LogP contribution >= 0.6 is 0 Å². The number of imidazole rings is 1. The summed E-state index contributed by atoms with van der Waals surface area (Å²) in [7, 11) is 1.94. The first kappa shape index (κ1) is 16.5. The lowest BCUT2D eigenvalue weighted by Gasteiger charge is -2.11. The molecule has 0 saturated carbocycles. The van der Waals surface area contributed by atoms with Crippen LogP contribution in [0, 0.1) is 6.92 Å². The van der Waals surface area contributed by atoms with Gasteiger partial charge in [0.2, 0.25) is 0 Å². The van der Waals surface area contributed by atoms with Crippen LogP contribution in [0.2, 0.25) is 0 Å². The molecule has 5 aromatic rings. The largest absolute Gasteiger partial charge is 0.339 e. The highest BCUT2D eigenvalue weighted by Crippen LogP contribution is 2.28. The van der Waals surface area contributed by atoms with Crippen molar-refractivity contribution >= 4 is 21.8 Å². The molecule has 0 N–H and O–H groups in total. The van der Waals surface area contributed by atoms with E-state index in [1.807, 2.05) is 77.8 Å². The lowest BCUT2D eigenvalue weighted by atomic mass is 10.1. The third-order valence-electron chi connectivity index (χ3n) is 5.18. The van der Waals surface area contributed by atoms with Gasteiger partial charge in [-0.15, -0.1) is 0 Å². The molecule has 0 bridgehead atoms. The molecule has 0 aliphatic heterocycles. The highest BCUT2D eigenvalue weighted by atomic mass is 16.1. The maximum Gasteiger partial charge on any atom is 0.296 e. The molecule has 0 aliphatic rings. The van der Waals surface area contributed by atoms with Crippen molar-refractivity contribution in [1.29, 1.82) is 0 Å². The quantitative estimate of drug-likeness (QED) is 0.490. The molecule has 0 radical (unpaired) electrons. The van der Waals surface area contributed by atoms with Gasteiger partial charge in [-0.05, 0) is 25.1 Å². The Kier molecular flexibility index (Phi) is 3.65. The molecule has 3 heterocycles. The number of benzene rings is 2. The monoisotopic (exact) mass is 369 g/mol. The van der Waals surface area contributed by atoms with Gasteiger partial charge in [-0.1, -0.05) is 35.9 Å². The molecule has 0 aliphatic carbocycles. The van der Waals surface area contributed by atoms with Crippen LogP contribution in [0.3, 0.4) is 0 Å². The fraction of sp³-hybridized carbons (Fsp3) is 0.136. The molecule has 3 aromatic heterocycles. The number of hydrogen-bond acceptors (Lipinski definition) is 3. The summed E-state index contributed by atoms with van der Waals surface area (Å²) < 4.78 is 5.44. The molecular weight excluding hydrogens is 350 g/mol. The Morgan fingerprint density at radius 3 is 2.57 bits per heavy atom. The van der Waals surface area contributed by atoms with Gasteiger partial charge in [0.1, 0.15) is 5.52 Å². The van der Waals surface area contributed by atoms with Crippen molar-refractivity contribution in [3.05, 3.63) is 88.9 Å². The molecule has 0 saturated heterocycles. The number of para-hydroxylation sites is 1. The van der Waals surface area contributed by atoms with Gasteiger partial charge in [0, 0.05) is 35.7 Å². The Bertz CT molecular complexity index is 1360. The number of nitrogens with zero attached hydrogens (tertiary/aromatic N) is 5. The summed E-state index contributed by atoms with van der Waals surface area (Å²) in [5.41, 5.74) is 4.30. The molecular formula is C22H19N5O. The van der Waals surface area contributed by atoms with Gasteiger partial charge in [0.15, 0.2) is 0 Å². The third-order valence-corrected chi connectivity index (χ3v) is 5.18. The molecule has 138 valence electrons. The zero-order valence-corrected chi connectivity index (χ0v) is 15.7. The number of rotatable bonds is 3. The van der Waals surface area contributed by atoms with Crippen LogP contribution < -0.4 is 5.56 Å². The second-order valence-corrected chi connectivity index (χ2v) is 7.03. The lowest BCUT2D eigenvalue weighted by Crippen LogP contribution is -2.25. The molecule has 0 atom stereocenters. The van der Waals surface area contributed by atoms with Crippen LogP contribution in [0.4, 0.5) is 0 Å². The van der Waals surface area contributed by atoms with Crippen molar-refractivity contribution in [2.75, 3.05) is 0 Å². The smallest absolute Gasteiger partial charge is 0.296 e. The first-order chi connectivity index (χ1) is 13.6. The number of aryl methyl sites for hydroxylation is 2. The van der Waals surface area contributed by atoms with E-state index in [0.717, 1.165) is 33.2 Å². The SMILES string of the molecule is Cc1ccc(-n2nc(Cn3ccnc3)c3c4ccccc4n(C)c3c2=O)cc1. The summed E-state index contributed by atoms with van der Waals surface area (Å²) in [5, 5.41) is 6.72. The second-order valence-electron chi connectivity index (χ2n) is 7.03. The van der Waals surface area contributed by atoms with Crippen molar-refractivity contribution in [2.45, 2.75) is 13.5 Å². The molecule has 6 heteroatoms. The van der Waals surface area contributed by atoms with Crippen LogP contribution in [0.1, 0.15) is 11.3 Å². The fourth-order valence-electron chi connectivity index (χ4n) is 3.78. The predicted octanol–water partition coefficient (Wildman–Crippen LogP) is 3.43. The van der Waals surface area contributed by atoms with E-state index < -0.39 is 0 Å². The van der Waals surface area contributed by atoms with Crippen LogP contribution in [0.25, 0.3) is 27.5 Å². The van der Waals surface area contributed by atoms with E-state index in [9.17, 15) is 4.79 Å². The average molecular weight is 369 g/mol. The van der Waals surface area contributed by atoms with Gasteiger partial charge < -0.3 is 9.13 Å². The van der Waals surface area contributed by atoms with Gasteiger partial charge in [-0.3, -0.25) is 4.79 Å². The van der Waals surface area contributed by atoms with Crippen LogP contribution in [0.15, 0.2) is 72.0 Å². The molecule has 0 amide bonds. The minimum Gasteiger partial charge on any atom is -0.339 e. The van der Waals surface area contributed by atoms with Gasteiger partial charge in [0.25, 0.3) is 5.56 Å². The zero-order chi connectivity index (χ0) is 19.3. The third kappa shape index (κ3) is 2.45. The van der Waals surface area contributed by atoms with E-state index in [4.69, 9.17) is 5.10 Å². The van der Waals surface area contributed by atoms with Gasteiger partial charge >= 0.3 is 0 Å². The normalized spacial score (nSPS) is 11.5. The molecule has 0 unspecified atom stereocenters. The average Bonchev–Trinajstić information content (AvgIpc) is 3.32. The summed E-state index contributed by atoms with van der Waals surface area (Å²) >= 11 is 0. The Balaban J connectivity index is 1.89. The van der Waals surface area contributed by atoms with Crippen molar-refractivity contribution in [3.63, 3.8) is 0 Å². The fourth-order valence-corrected chi connectivity index (χ4v) is 3.78. The number of fused-ring (bicyclic) bond motifs is 3. The summed E-state index contributed by atoms with van der Waals surface area (Å²) in [6, 6.07) is 15.9. The Hall–Kier alpha value is -3.67. The van der Waals surface area contributed by atoms with E-state index in [0.29, 0.717) is 12.1 Å². The zero-order valence-electron chi connectivity index (χ0n) is 15.7. The van der Waals surface area contributed by atoms with Crippen molar-refractivity contribution in [1.82, 2.24) is 23.9 Å².